The van der Waals surface area contributed by atoms with Crippen LogP contribution in [0.15, 0.2) is 12.1 Å². The van der Waals surface area contributed by atoms with Crippen molar-refractivity contribution in [1.29, 1.82) is 0 Å². The minimum atomic E-state index is -0.383. The van der Waals surface area contributed by atoms with Crippen LogP contribution < -0.4 is 15.2 Å². The van der Waals surface area contributed by atoms with Gasteiger partial charge in [0.1, 0.15) is 12.7 Å². The highest BCUT2D eigenvalue weighted by Crippen LogP contribution is 2.63. The number of hydrogen-bond donors (Lipinski definition) is 2. The molecule has 130 valence electrons. The minimum Gasteiger partial charge on any atom is -0.488 e. The van der Waals surface area contributed by atoms with Gasteiger partial charge in [-0.15, -0.1) is 0 Å². The average Bonchev–Trinajstić information content (AvgIpc) is 2.94. The maximum atomic E-state index is 10.7. The number of nitrogens with two attached hydrogens (primary N) is 1. The Labute approximate surface area is 142 Å². The Bertz CT molecular complexity index is 679. The Balaban J connectivity index is 1.70. The quantitative estimate of drug-likeness (QED) is 0.867. The Morgan fingerprint density at radius 1 is 1.42 bits per heavy atom. The second-order valence-electron chi connectivity index (χ2n) is 7.90. The topological polar surface area (TPSA) is 68.0 Å². The molecule has 5 heteroatoms. The molecule has 2 heterocycles. The Kier molecular flexibility index (Phi) is 3.19. The van der Waals surface area contributed by atoms with Crippen molar-refractivity contribution in [2.24, 2.45) is 11.7 Å². The van der Waals surface area contributed by atoms with Crippen LogP contribution in [0, 0.1) is 5.92 Å². The van der Waals surface area contributed by atoms with E-state index in [1.807, 2.05) is 6.07 Å². The second kappa shape index (κ2) is 5.10. The van der Waals surface area contributed by atoms with E-state index in [0.717, 1.165) is 43.7 Å². The molecule has 0 radical (unpaired) electrons. The van der Waals surface area contributed by atoms with E-state index >= 15 is 0 Å². The molecule has 1 spiro atoms. The first-order valence-corrected chi connectivity index (χ1v) is 9.21. The molecule has 0 amide bonds. The van der Waals surface area contributed by atoms with Gasteiger partial charge >= 0.3 is 0 Å². The summed E-state index contributed by atoms with van der Waals surface area (Å²) in [6, 6.07) is 4.80. The summed E-state index contributed by atoms with van der Waals surface area (Å²) < 4.78 is 12.3. The van der Waals surface area contributed by atoms with Crippen LogP contribution in [0.3, 0.4) is 0 Å². The van der Waals surface area contributed by atoms with Crippen LogP contribution in [-0.2, 0) is 11.8 Å². The van der Waals surface area contributed by atoms with Crippen molar-refractivity contribution in [1.82, 2.24) is 4.90 Å². The SMILES string of the molecule is CN1CC[C@]23c4c5ccc(OCCN)c4O[C@H]2[C@@H](O)CC[C@H]3[C@H]1C5. The molecule has 5 atom stereocenters. The van der Waals surface area contributed by atoms with E-state index in [-0.39, 0.29) is 17.6 Å². The van der Waals surface area contributed by atoms with Crippen molar-refractivity contribution in [3.63, 3.8) is 0 Å². The largest absolute Gasteiger partial charge is 0.488 e. The third kappa shape index (κ3) is 1.70. The fraction of sp³-hybridized carbons (Fsp3) is 0.684. The summed E-state index contributed by atoms with van der Waals surface area (Å²) in [5, 5.41) is 10.7. The Hall–Kier alpha value is -1.30. The molecule has 5 rings (SSSR count). The highest BCUT2D eigenvalue weighted by Gasteiger charge is 2.65. The van der Waals surface area contributed by atoms with Crippen LogP contribution in [0.4, 0.5) is 0 Å². The van der Waals surface area contributed by atoms with Gasteiger partial charge in [0.05, 0.1) is 6.10 Å². The van der Waals surface area contributed by atoms with Gasteiger partial charge in [-0.3, -0.25) is 0 Å². The highest BCUT2D eigenvalue weighted by molar-refractivity contribution is 5.61. The van der Waals surface area contributed by atoms with Crippen LogP contribution in [0.25, 0.3) is 0 Å². The lowest BCUT2D eigenvalue weighted by molar-refractivity contribution is -0.0993. The van der Waals surface area contributed by atoms with Crippen molar-refractivity contribution >= 4 is 0 Å². The molecule has 2 bridgehead atoms. The summed E-state index contributed by atoms with van der Waals surface area (Å²) in [4.78, 5) is 2.52. The fourth-order valence-electron chi connectivity index (χ4n) is 5.98. The lowest BCUT2D eigenvalue weighted by Crippen LogP contribution is -2.66. The third-order valence-corrected chi connectivity index (χ3v) is 6.92. The number of aliphatic hydroxyl groups excluding tert-OH is 1. The predicted molar refractivity (Wildman–Crippen MR) is 90.6 cm³/mol. The van der Waals surface area contributed by atoms with Gasteiger partial charge in [-0.1, -0.05) is 6.07 Å². The number of benzene rings is 1. The summed E-state index contributed by atoms with van der Waals surface area (Å²) in [5.41, 5.74) is 8.31. The summed E-state index contributed by atoms with van der Waals surface area (Å²) in [6.45, 7) is 2.05. The molecule has 24 heavy (non-hydrogen) atoms. The van der Waals surface area contributed by atoms with Gasteiger partial charge in [-0.05, 0) is 56.8 Å². The molecule has 3 N–H and O–H groups in total. The molecule has 0 aromatic heterocycles. The van der Waals surface area contributed by atoms with Gasteiger partial charge in [0.25, 0.3) is 0 Å². The number of rotatable bonds is 3. The van der Waals surface area contributed by atoms with E-state index in [0.29, 0.717) is 25.1 Å². The molecule has 1 aromatic rings. The fourth-order valence-corrected chi connectivity index (χ4v) is 5.98. The maximum Gasteiger partial charge on any atom is 0.165 e. The first-order chi connectivity index (χ1) is 11.7. The third-order valence-electron chi connectivity index (χ3n) is 6.92. The van der Waals surface area contributed by atoms with E-state index in [1.54, 1.807) is 0 Å². The summed E-state index contributed by atoms with van der Waals surface area (Å²) >= 11 is 0. The molecule has 2 fully saturated rings. The lowest BCUT2D eigenvalue weighted by atomic mass is 9.51. The first-order valence-electron chi connectivity index (χ1n) is 9.21. The van der Waals surface area contributed by atoms with Crippen molar-refractivity contribution < 1.29 is 14.6 Å². The van der Waals surface area contributed by atoms with E-state index < -0.39 is 0 Å². The monoisotopic (exact) mass is 330 g/mol. The molecular formula is C19H26N2O3. The highest BCUT2D eigenvalue weighted by atomic mass is 16.5. The first kappa shape index (κ1) is 15.0. The second-order valence-corrected chi connectivity index (χ2v) is 7.90. The molecule has 1 saturated heterocycles. The summed E-state index contributed by atoms with van der Waals surface area (Å²) in [6.07, 6.45) is 3.56. The van der Waals surface area contributed by atoms with E-state index in [1.165, 1.54) is 11.1 Å². The van der Waals surface area contributed by atoms with Gasteiger partial charge in [0.2, 0.25) is 0 Å². The van der Waals surface area contributed by atoms with Gasteiger partial charge in [0.15, 0.2) is 11.5 Å². The Morgan fingerprint density at radius 3 is 3.12 bits per heavy atom. The van der Waals surface area contributed by atoms with Crippen LogP contribution in [0.2, 0.25) is 0 Å². The number of piperidine rings is 1. The van der Waals surface area contributed by atoms with E-state index in [2.05, 4.69) is 18.0 Å². The average molecular weight is 330 g/mol. The van der Waals surface area contributed by atoms with Crippen LogP contribution >= 0.6 is 0 Å². The number of likely N-dealkylation sites (N-methyl/N-ethyl adjacent to an activating group) is 1. The van der Waals surface area contributed by atoms with Crippen molar-refractivity contribution in [3.05, 3.63) is 23.3 Å². The zero-order valence-electron chi connectivity index (χ0n) is 14.2. The number of ether oxygens (including phenoxy) is 2. The van der Waals surface area contributed by atoms with Gasteiger partial charge in [-0.25, -0.2) is 0 Å². The number of likely N-dealkylation sites (tertiary alicyclic amines) is 1. The molecule has 5 nitrogen and oxygen atoms in total. The van der Waals surface area contributed by atoms with Crippen molar-refractivity contribution in [2.45, 2.75) is 49.3 Å². The molecule has 1 aromatic carbocycles. The van der Waals surface area contributed by atoms with Crippen LogP contribution in [0.5, 0.6) is 11.5 Å². The molecule has 2 aliphatic carbocycles. The molecule has 0 unspecified atom stereocenters. The number of aliphatic hydroxyl groups is 1. The van der Waals surface area contributed by atoms with Crippen molar-refractivity contribution in [3.8, 4) is 11.5 Å². The smallest absolute Gasteiger partial charge is 0.165 e. The Morgan fingerprint density at radius 2 is 2.29 bits per heavy atom. The zero-order valence-corrected chi connectivity index (χ0v) is 14.2. The standard InChI is InChI=1S/C19H26N2O3/c1-21-8-6-19-12-3-4-14(22)18(19)24-17-15(23-9-7-20)5-2-11(16(17)19)10-13(12)21/h2,5,12-14,18,22H,3-4,6-10,20H2,1H3/t12-,13+,14-,18-,19-/m0/s1. The van der Waals surface area contributed by atoms with Crippen LogP contribution in [0.1, 0.15) is 30.4 Å². The van der Waals surface area contributed by atoms with Gasteiger partial charge < -0.3 is 25.2 Å². The number of nitrogens with zero attached hydrogens (tertiary/aromatic N) is 1. The van der Waals surface area contributed by atoms with Gasteiger partial charge in [0, 0.05) is 23.6 Å². The van der Waals surface area contributed by atoms with E-state index in [4.69, 9.17) is 15.2 Å². The summed E-state index contributed by atoms with van der Waals surface area (Å²) in [7, 11) is 2.25. The van der Waals surface area contributed by atoms with Crippen molar-refractivity contribution in [2.75, 3.05) is 26.7 Å². The lowest BCUT2D eigenvalue weighted by Gasteiger charge is -2.58. The maximum absolute atomic E-state index is 10.7. The molecule has 1 saturated carbocycles. The molecule has 4 aliphatic rings. The predicted octanol–water partition coefficient (Wildman–Crippen LogP) is 1.05. The van der Waals surface area contributed by atoms with Gasteiger partial charge in [-0.2, -0.15) is 0 Å². The molecule has 2 aliphatic heterocycles. The number of hydrogen-bond acceptors (Lipinski definition) is 5. The normalized spacial score (nSPS) is 39.3. The van der Waals surface area contributed by atoms with Crippen LogP contribution in [-0.4, -0.2) is 55.0 Å². The summed E-state index contributed by atoms with van der Waals surface area (Å²) in [5.74, 6) is 2.26. The molecular weight excluding hydrogens is 304 g/mol. The van der Waals surface area contributed by atoms with E-state index in [9.17, 15) is 5.11 Å². The minimum absolute atomic E-state index is 0.0279. The zero-order chi connectivity index (χ0) is 16.5.